The van der Waals surface area contributed by atoms with Gasteiger partial charge in [-0.15, -0.1) is 0 Å². The van der Waals surface area contributed by atoms with Crippen LogP contribution in [-0.2, 0) is 6.61 Å². The fourth-order valence-corrected chi connectivity index (χ4v) is 3.71. The predicted molar refractivity (Wildman–Crippen MR) is 132 cm³/mol. The highest BCUT2D eigenvalue weighted by molar-refractivity contribution is 6.30. The van der Waals surface area contributed by atoms with Crippen molar-refractivity contribution in [2.24, 2.45) is 4.99 Å². The number of hydrogen-bond donors (Lipinski definition) is 1. The molecule has 0 aliphatic rings. The number of aromatic nitrogens is 1. The van der Waals surface area contributed by atoms with Crippen LogP contribution in [0.4, 0.5) is 5.69 Å². The van der Waals surface area contributed by atoms with Crippen molar-refractivity contribution in [3.05, 3.63) is 112 Å². The highest BCUT2D eigenvalue weighted by atomic mass is 35.5. The average molecular weight is 459 g/mol. The summed E-state index contributed by atoms with van der Waals surface area (Å²) in [7, 11) is 0. The van der Waals surface area contributed by atoms with Crippen molar-refractivity contribution in [1.29, 1.82) is 0 Å². The molecule has 0 aliphatic carbocycles. The lowest BCUT2D eigenvalue weighted by Crippen LogP contribution is -2.00. The molecule has 4 rings (SSSR count). The molecule has 6 heteroatoms. The normalized spacial score (nSPS) is 11.1. The zero-order chi connectivity index (χ0) is 23.4. The van der Waals surface area contributed by atoms with Gasteiger partial charge in [-0.25, -0.2) is 4.79 Å². The van der Waals surface area contributed by atoms with E-state index in [-0.39, 0.29) is 5.56 Å². The van der Waals surface area contributed by atoms with Gasteiger partial charge >= 0.3 is 5.97 Å². The quantitative estimate of drug-likeness (QED) is 0.310. The van der Waals surface area contributed by atoms with Crippen LogP contribution in [0.3, 0.4) is 0 Å². The Bertz CT molecular complexity index is 1290. The summed E-state index contributed by atoms with van der Waals surface area (Å²) < 4.78 is 8.05. The van der Waals surface area contributed by atoms with Crippen LogP contribution in [0.2, 0.25) is 5.02 Å². The molecule has 0 atom stereocenters. The molecule has 1 N–H and O–H groups in total. The molecular formula is C27H23ClN2O3. The first-order chi connectivity index (χ1) is 15.9. The van der Waals surface area contributed by atoms with E-state index in [1.54, 1.807) is 30.5 Å². The lowest BCUT2D eigenvalue weighted by molar-refractivity contribution is 0.0697. The molecule has 5 nitrogen and oxygen atoms in total. The first-order valence-corrected chi connectivity index (χ1v) is 10.8. The molecule has 0 saturated heterocycles. The number of aliphatic imine (C=N–C) groups is 1. The Hall–Kier alpha value is -3.83. The van der Waals surface area contributed by atoms with Crippen LogP contribution < -0.4 is 4.74 Å². The molecule has 0 bridgehead atoms. The van der Waals surface area contributed by atoms with E-state index in [1.807, 2.05) is 55.5 Å². The summed E-state index contributed by atoms with van der Waals surface area (Å²) in [6, 6.07) is 24.2. The fourth-order valence-electron chi connectivity index (χ4n) is 3.59. The maximum absolute atomic E-state index is 11.0. The number of halogens is 1. The number of ether oxygens (including phenoxy) is 1. The lowest BCUT2D eigenvalue weighted by Gasteiger charge is -2.11. The fraction of sp³-hybridized carbons (Fsp3) is 0.111. The predicted octanol–water partition coefficient (Wildman–Crippen LogP) is 6.78. The second-order valence-corrected chi connectivity index (χ2v) is 8.12. The van der Waals surface area contributed by atoms with Crippen molar-refractivity contribution in [1.82, 2.24) is 4.57 Å². The summed E-state index contributed by atoms with van der Waals surface area (Å²) in [5.41, 5.74) is 6.19. The van der Waals surface area contributed by atoms with Gasteiger partial charge in [0.1, 0.15) is 12.4 Å². The third-order valence-electron chi connectivity index (χ3n) is 5.35. The maximum Gasteiger partial charge on any atom is 0.335 e. The minimum atomic E-state index is -0.949. The van der Waals surface area contributed by atoms with Crippen LogP contribution in [-0.4, -0.2) is 21.9 Å². The number of carbonyl (C=O) groups is 1. The molecule has 0 fully saturated rings. The van der Waals surface area contributed by atoms with E-state index in [4.69, 9.17) is 21.4 Å². The summed E-state index contributed by atoms with van der Waals surface area (Å²) in [4.78, 5) is 15.5. The van der Waals surface area contributed by atoms with E-state index in [2.05, 4.69) is 22.5 Å². The van der Waals surface area contributed by atoms with Crippen molar-refractivity contribution in [2.45, 2.75) is 20.5 Å². The molecule has 4 aromatic rings. The molecule has 3 aromatic carbocycles. The average Bonchev–Trinajstić information content (AvgIpc) is 3.11. The zero-order valence-corrected chi connectivity index (χ0v) is 19.1. The van der Waals surface area contributed by atoms with E-state index in [9.17, 15) is 4.79 Å². The van der Waals surface area contributed by atoms with Crippen molar-refractivity contribution < 1.29 is 14.6 Å². The van der Waals surface area contributed by atoms with E-state index < -0.39 is 5.97 Å². The van der Waals surface area contributed by atoms with Gasteiger partial charge in [-0.1, -0.05) is 23.7 Å². The molecule has 166 valence electrons. The standard InChI is InChI=1S/C27H23ClN2O3/c1-18-15-22(16-29-24-9-5-21(6-10-24)27(31)32)19(2)30(18)25-11-13-26(14-12-25)33-17-20-3-7-23(28)8-4-20/h3-16H,17H2,1-2H3,(H,31,32). The Kier molecular flexibility index (Phi) is 6.61. The summed E-state index contributed by atoms with van der Waals surface area (Å²) in [5, 5.41) is 9.73. The van der Waals surface area contributed by atoms with Gasteiger partial charge in [-0.2, -0.15) is 0 Å². The Labute approximate surface area is 197 Å². The largest absolute Gasteiger partial charge is 0.489 e. The number of rotatable bonds is 7. The molecule has 0 spiro atoms. The van der Waals surface area contributed by atoms with Crippen molar-refractivity contribution >= 4 is 29.5 Å². The van der Waals surface area contributed by atoms with Gasteiger partial charge in [0.2, 0.25) is 0 Å². The Morgan fingerprint density at radius 3 is 2.30 bits per heavy atom. The van der Waals surface area contributed by atoms with Crippen LogP contribution in [0.25, 0.3) is 5.69 Å². The molecular weight excluding hydrogens is 436 g/mol. The number of benzene rings is 3. The SMILES string of the molecule is Cc1cc(C=Nc2ccc(C(=O)O)cc2)c(C)n1-c1ccc(OCc2ccc(Cl)cc2)cc1. The summed E-state index contributed by atoms with van der Waals surface area (Å²) >= 11 is 5.93. The maximum atomic E-state index is 11.0. The Balaban J connectivity index is 1.47. The van der Waals surface area contributed by atoms with Crippen LogP contribution in [0.1, 0.15) is 32.9 Å². The number of carboxylic acids is 1. The molecule has 33 heavy (non-hydrogen) atoms. The van der Waals surface area contributed by atoms with Crippen LogP contribution in [0.5, 0.6) is 5.75 Å². The monoisotopic (exact) mass is 458 g/mol. The van der Waals surface area contributed by atoms with Gasteiger partial charge in [0.25, 0.3) is 0 Å². The first-order valence-electron chi connectivity index (χ1n) is 10.4. The van der Waals surface area contributed by atoms with Crippen molar-refractivity contribution in [3.63, 3.8) is 0 Å². The van der Waals surface area contributed by atoms with Crippen LogP contribution >= 0.6 is 11.6 Å². The van der Waals surface area contributed by atoms with Crippen LogP contribution in [0.15, 0.2) is 83.9 Å². The number of carboxylic acid groups (broad SMARTS) is 1. The molecule has 0 saturated carbocycles. The molecule has 0 unspecified atom stereocenters. The Morgan fingerprint density at radius 2 is 1.67 bits per heavy atom. The van der Waals surface area contributed by atoms with Crippen LogP contribution in [0, 0.1) is 13.8 Å². The van der Waals surface area contributed by atoms with E-state index in [0.29, 0.717) is 17.3 Å². The molecule has 0 aliphatic heterocycles. The summed E-state index contributed by atoms with van der Waals surface area (Å²) in [5.74, 6) is -0.154. The van der Waals surface area contributed by atoms with E-state index in [1.165, 1.54) is 0 Å². The van der Waals surface area contributed by atoms with E-state index in [0.717, 1.165) is 34.0 Å². The second kappa shape index (κ2) is 9.76. The first kappa shape index (κ1) is 22.4. The highest BCUT2D eigenvalue weighted by Gasteiger charge is 2.10. The van der Waals surface area contributed by atoms with Gasteiger partial charge in [0.05, 0.1) is 11.3 Å². The number of hydrogen-bond acceptors (Lipinski definition) is 3. The summed E-state index contributed by atoms with van der Waals surface area (Å²) in [6.45, 7) is 4.58. The number of aryl methyl sites for hydroxylation is 1. The van der Waals surface area contributed by atoms with Gasteiger partial charge < -0.3 is 14.4 Å². The minimum absolute atomic E-state index is 0.243. The highest BCUT2D eigenvalue weighted by Crippen LogP contribution is 2.23. The molecule has 1 aromatic heterocycles. The van der Waals surface area contributed by atoms with Gasteiger partial charge in [0.15, 0.2) is 0 Å². The Morgan fingerprint density at radius 1 is 1.00 bits per heavy atom. The smallest absolute Gasteiger partial charge is 0.335 e. The van der Waals surface area contributed by atoms with Gasteiger partial charge in [0, 0.05) is 33.9 Å². The summed E-state index contributed by atoms with van der Waals surface area (Å²) in [6.07, 6.45) is 1.80. The number of nitrogens with zero attached hydrogens (tertiary/aromatic N) is 2. The molecule has 1 heterocycles. The topological polar surface area (TPSA) is 63.8 Å². The third kappa shape index (κ3) is 5.33. The van der Waals surface area contributed by atoms with Gasteiger partial charge in [-0.05, 0) is 86.1 Å². The van der Waals surface area contributed by atoms with Crippen molar-refractivity contribution in [3.8, 4) is 11.4 Å². The minimum Gasteiger partial charge on any atom is -0.489 e. The molecule has 0 amide bonds. The lowest BCUT2D eigenvalue weighted by atomic mass is 10.2. The van der Waals surface area contributed by atoms with E-state index >= 15 is 0 Å². The number of aromatic carboxylic acids is 1. The molecule has 0 radical (unpaired) electrons. The van der Waals surface area contributed by atoms with Crippen molar-refractivity contribution in [2.75, 3.05) is 0 Å². The third-order valence-corrected chi connectivity index (χ3v) is 5.60. The second-order valence-electron chi connectivity index (χ2n) is 7.68. The zero-order valence-electron chi connectivity index (χ0n) is 18.3. The van der Waals surface area contributed by atoms with Gasteiger partial charge in [-0.3, -0.25) is 4.99 Å².